The zero-order valence-corrected chi connectivity index (χ0v) is 10.3. The molecule has 0 amide bonds. The molecule has 1 heterocycles. The number of aliphatic carboxylic acids is 1. The van der Waals surface area contributed by atoms with E-state index in [2.05, 4.69) is 0 Å². The van der Waals surface area contributed by atoms with Gasteiger partial charge in [-0.25, -0.2) is 4.79 Å². The van der Waals surface area contributed by atoms with E-state index in [1.165, 1.54) is 6.92 Å². The highest BCUT2D eigenvalue weighted by Crippen LogP contribution is 2.19. The predicted octanol–water partition coefficient (Wildman–Crippen LogP) is 1.62. The number of carbonyl (C=O) groups excluding carboxylic acids is 1. The molecule has 0 aromatic carbocycles. The molecular formula is C11H17NO3S. The Morgan fingerprint density at radius 2 is 2.06 bits per heavy atom. The summed E-state index contributed by atoms with van der Waals surface area (Å²) in [7, 11) is 0. The maximum absolute atomic E-state index is 11.0. The van der Waals surface area contributed by atoms with Gasteiger partial charge in [0, 0.05) is 19.4 Å². The molecule has 0 aromatic rings. The van der Waals surface area contributed by atoms with Crippen LogP contribution in [-0.4, -0.2) is 39.3 Å². The lowest BCUT2D eigenvalue weighted by Crippen LogP contribution is -2.47. The molecule has 1 aliphatic rings. The van der Waals surface area contributed by atoms with E-state index in [0.717, 1.165) is 12.8 Å². The Labute approximate surface area is 101 Å². The Hall–Kier alpha value is -0.970. The molecular weight excluding hydrogens is 226 g/mol. The molecule has 0 aliphatic carbocycles. The van der Waals surface area contributed by atoms with Crippen LogP contribution in [0.2, 0.25) is 0 Å². The van der Waals surface area contributed by atoms with E-state index in [9.17, 15) is 9.59 Å². The van der Waals surface area contributed by atoms with E-state index < -0.39 is 12.0 Å². The second-order valence-corrected chi connectivity index (χ2v) is 4.61. The van der Waals surface area contributed by atoms with Crippen molar-refractivity contribution in [2.75, 3.05) is 6.54 Å². The molecule has 0 aromatic heterocycles. The van der Waals surface area contributed by atoms with Gasteiger partial charge in [-0.05, 0) is 26.2 Å². The Morgan fingerprint density at radius 1 is 1.38 bits per heavy atom. The molecule has 1 N–H and O–H groups in total. The first-order valence-electron chi connectivity index (χ1n) is 5.54. The van der Waals surface area contributed by atoms with Gasteiger partial charge in [0.1, 0.15) is 11.8 Å². The normalized spacial score (nSPS) is 20.6. The molecule has 1 fully saturated rings. The van der Waals surface area contributed by atoms with E-state index in [0.29, 0.717) is 30.8 Å². The van der Waals surface area contributed by atoms with Gasteiger partial charge in [-0.3, -0.25) is 0 Å². The molecule has 1 aliphatic heterocycles. The van der Waals surface area contributed by atoms with Gasteiger partial charge in [0.2, 0.25) is 0 Å². The molecule has 1 unspecified atom stereocenters. The Bertz CT molecular complexity index is 304. The third kappa shape index (κ3) is 3.56. The third-order valence-corrected chi connectivity index (χ3v) is 3.24. The molecule has 0 radical (unpaired) electrons. The van der Waals surface area contributed by atoms with Crippen LogP contribution in [0.15, 0.2) is 0 Å². The lowest BCUT2D eigenvalue weighted by Gasteiger charge is -2.35. The van der Waals surface area contributed by atoms with Crippen LogP contribution < -0.4 is 0 Å². The highest BCUT2D eigenvalue weighted by atomic mass is 32.1. The number of nitrogens with zero attached hydrogens (tertiary/aromatic N) is 1. The lowest BCUT2D eigenvalue weighted by atomic mass is 10.0. The van der Waals surface area contributed by atoms with Crippen molar-refractivity contribution in [3.05, 3.63) is 0 Å². The summed E-state index contributed by atoms with van der Waals surface area (Å²) in [5, 5.41) is 9.07. The molecule has 16 heavy (non-hydrogen) atoms. The second-order valence-electron chi connectivity index (χ2n) is 4.14. The summed E-state index contributed by atoms with van der Waals surface area (Å²) in [6.07, 6.45) is 3.46. The lowest BCUT2D eigenvalue weighted by molar-refractivity contribution is -0.142. The van der Waals surface area contributed by atoms with E-state index in [1.54, 1.807) is 4.90 Å². The first kappa shape index (κ1) is 13.1. The third-order valence-electron chi connectivity index (χ3n) is 2.80. The standard InChI is InChI=1S/C11H17NO3S/c1-8(13)5-6-10(16)12-7-3-2-4-9(12)11(14)15/h9H,2-7H2,1H3,(H,14,15). The van der Waals surface area contributed by atoms with Crippen LogP contribution in [0.3, 0.4) is 0 Å². The fourth-order valence-electron chi connectivity index (χ4n) is 1.91. The van der Waals surface area contributed by atoms with Crippen molar-refractivity contribution in [1.82, 2.24) is 4.90 Å². The molecule has 0 bridgehead atoms. The van der Waals surface area contributed by atoms with Crippen molar-refractivity contribution < 1.29 is 14.7 Å². The van der Waals surface area contributed by atoms with Gasteiger partial charge >= 0.3 is 5.97 Å². The van der Waals surface area contributed by atoms with Crippen LogP contribution in [0, 0.1) is 0 Å². The predicted molar refractivity (Wildman–Crippen MR) is 64.5 cm³/mol. The van der Waals surface area contributed by atoms with Gasteiger partial charge in [-0.2, -0.15) is 0 Å². The van der Waals surface area contributed by atoms with Gasteiger partial charge in [0.25, 0.3) is 0 Å². The zero-order chi connectivity index (χ0) is 12.1. The van der Waals surface area contributed by atoms with Gasteiger partial charge < -0.3 is 14.8 Å². The number of Topliss-reactive ketones (excluding diaryl/α,β-unsaturated/α-hetero) is 1. The van der Waals surface area contributed by atoms with Crippen LogP contribution in [0.1, 0.15) is 39.0 Å². The van der Waals surface area contributed by atoms with Crippen molar-refractivity contribution in [3.63, 3.8) is 0 Å². The average Bonchev–Trinajstić information content (AvgIpc) is 2.25. The SMILES string of the molecule is CC(=O)CCC(=S)N1CCCCC1C(=O)O. The fourth-order valence-corrected chi connectivity index (χ4v) is 2.23. The number of ketones is 1. The number of likely N-dealkylation sites (tertiary alicyclic amines) is 1. The minimum absolute atomic E-state index is 0.0891. The summed E-state index contributed by atoms with van der Waals surface area (Å²) in [5.41, 5.74) is 0. The van der Waals surface area contributed by atoms with Crippen molar-refractivity contribution in [2.45, 2.75) is 45.1 Å². The minimum atomic E-state index is -0.815. The Morgan fingerprint density at radius 3 is 2.62 bits per heavy atom. The molecule has 90 valence electrons. The summed E-state index contributed by atoms with van der Waals surface area (Å²) in [6, 6.07) is -0.492. The van der Waals surface area contributed by atoms with Gasteiger partial charge in [0.05, 0.1) is 4.99 Å². The number of hydrogen-bond donors (Lipinski definition) is 1. The van der Waals surface area contributed by atoms with Crippen molar-refractivity contribution in [1.29, 1.82) is 0 Å². The molecule has 5 heteroatoms. The summed E-state index contributed by atoms with van der Waals surface area (Å²) < 4.78 is 0. The highest BCUT2D eigenvalue weighted by Gasteiger charge is 2.29. The topological polar surface area (TPSA) is 57.6 Å². The van der Waals surface area contributed by atoms with E-state index in [1.807, 2.05) is 0 Å². The number of piperidine rings is 1. The largest absolute Gasteiger partial charge is 0.480 e. The Balaban J connectivity index is 2.57. The van der Waals surface area contributed by atoms with E-state index in [4.69, 9.17) is 17.3 Å². The fraction of sp³-hybridized carbons (Fsp3) is 0.727. The molecule has 0 spiro atoms. The number of rotatable bonds is 4. The summed E-state index contributed by atoms with van der Waals surface area (Å²) in [4.78, 5) is 24.3. The number of carbonyl (C=O) groups is 2. The summed E-state index contributed by atoms with van der Waals surface area (Å²) in [5.74, 6) is -0.726. The number of carboxylic acids is 1. The van der Waals surface area contributed by atoms with Crippen LogP contribution in [0.4, 0.5) is 0 Å². The van der Waals surface area contributed by atoms with Crippen molar-refractivity contribution >= 4 is 29.0 Å². The quantitative estimate of drug-likeness (QED) is 0.760. The molecule has 1 saturated heterocycles. The van der Waals surface area contributed by atoms with Crippen molar-refractivity contribution in [3.8, 4) is 0 Å². The zero-order valence-electron chi connectivity index (χ0n) is 9.44. The minimum Gasteiger partial charge on any atom is -0.480 e. The number of thiocarbonyl (C=S) groups is 1. The second kappa shape index (κ2) is 5.94. The molecule has 4 nitrogen and oxygen atoms in total. The summed E-state index contributed by atoms with van der Waals surface area (Å²) >= 11 is 5.20. The molecule has 0 saturated carbocycles. The monoisotopic (exact) mass is 243 g/mol. The van der Waals surface area contributed by atoms with Crippen LogP contribution in [0.5, 0.6) is 0 Å². The smallest absolute Gasteiger partial charge is 0.326 e. The summed E-state index contributed by atoms with van der Waals surface area (Å²) in [6.45, 7) is 2.22. The van der Waals surface area contributed by atoms with E-state index >= 15 is 0 Å². The van der Waals surface area contributed by atoms with Crippen molar-refractivity contribution in [2.24, 2.45) is 0 Å². The van der Waals surface area contributed by atoms with Gasteiger partial charge in [-0.1, -0.05) is 12.2 Å². The maximum atomic E-state index is 11.0. The molecule has 1 atom stereocenters. The average molecular weight is 243 g/mol. The first-order chi connectivity index (χ1) is 7.52. The Kier molecular flexibility index (Phi) is 4.86. The highest BCUT2D eigenvalue weighted by molar-refractivity contribution is 7.80. The number of hydrogen-bond acceptors (Lipinski definition) is 3. The molecule has 1 rings (SSSR count). The maximum Gasteiger partial charge on any atom is 0.326 e. The van der Waals surface area contributed by atoms with E-state index in [-0.39, 0.29) is 5.78 Å². The van der Waals surface area contributed by atoms with Gasteiger partial charge in [-0.15, -0.1) is 0 Å². The first-order valence-corrected chi connectivity index (χ1v) is 5.95. The van der Waals surface area contributed by atoms with Crippen LogP contribution in [-0.2, 0) is 9.59 Å². The number of carboxylic acid groups (broad SMARTS) is 1. The van der Waals surface area contributed by atoms with Gasteiger partial charge in [0.15, 0.2) is 0 Å². The van der Waals surface area contributed by atoms with Crippen LogP contribution >= 0.6 is 12.2 Å². The van der Waals surface area contributed by atoms with Crippen LogP contribution in [0.25, 0.3) is 0 Å².